The van der Waals surface area contributed by atoms with E-state index in [2.05, 4.69) is 45.6 Å². The van der Waals surface area contributed by atoms with Gasteiger partial charge in [0.1, 0.15) is 0 Å². The topological polar surface area (TPSA) is 77.0 Å². The average molecular weight is 410 g/mol. The third kappa shape index (κ3) is 6.10. The van der Waals surface area contributed by atoms with Crippen LogP contribution in [-0.4, -0.2) is 64.7 Å². The van der Waals surface area contributed by atoms with Gasteiger partial charge in [0.2, 0.25) is 10.0 Å². The first-order chi connectivity index (χ1) is 13.3. The van der Waals surface area contributed by atoms with E-state index in [-0.39, 0.29) is 11.8 Å². The van der Waals surface area contributed by atoms with Crippen LogP contribution in [0.15, 0.2) is 23.2 Å². The number of rotatable bonds is 7. The lowest BCUT2D eigenvalue weighted by Gasteiger charge is -2.32. The average Bonchev–Trinajstić information content (AvgIpc) is 2.66. The third-order valence-electron chi connectivity index (χ3n) is 5.16. The van der Waals surface area contributed by atoms with Crippen molar-refractivity contribution in [2.24, 2.45) is 4.99 Å². The van der Waals surface area contributed by atoms with Crippen LogP contribution in [0, 0.1) is 6.92 Å². The van der Waals surface area contributed by atoms with E-state index in [1.165, 1.54) is 16.8 Å². The van der Waals surface area contributed by atoms with Gasteiger partial charge in [0.05, 0.1) is 5.75 Å². The number of sulfonamides is 1. The summed E-state index contributed by atoms with van der Waals surface area (Å²) in [7, 11) is 2.74. The zero-order chi connectivity index (χ0) is 20.7. The summed E-state index contributed by atoms with van der Waals surface area (Å²) in [5, 5.41) is 6.82. The van der Waals surface area contributed by atoms with E-state index in [0.717, 1.165) is 18.8 Å². The van der Waals surface area contributed by atoms with Gasteiger partial charge in [-0.15, -0.1) is 0 Å². The Kier molecular flexibility index (Phi) is 8.12. The zero-order valence-electron chi connectivity index (χ0n) is 17.8. The van der Waals surface area contributed by atoms with E-state index in [9.17, 15) is 8.42 Å². The molecule has 0 radical (unpaired) electrons. The summed E-state index contributed by atoms with van der Waals surface area (Å²) in [4.78, 5) is 6.42. The summed E-state index contributed by atoms with van der Waals surface area (Å²) < 4.78 is 26.0. The number of aryl methyl sites for hydroxylation is 1. The highest BCUT2D eigenvalue weighted by Crippen LogP contribution is 2.18. The van der Waals surface area contributed by atoms with Crippen LogP contribution in [0.1, 0.15) is 37.3 Å². The van der Waals surface area contributed by atoms with E-state index in [1.807, 2.05) is 21.0 Å². The second kappa shape index (κ2) is 10.1. The molecule has 7 nitrogen and oxygen atoms in total. The maximum Gasteiger partial charge on any atom is 0.214 e. The molecule has 0 saturated carbocycles. The number of nitrogens with zero attached hydrogens (tertiary/aromatic N) is 3. The lowest BCUT2D eigenvalue weighted by Crippen LogP contribution is -2.49. The Bertz CT molecular complexity index is 769. The maximum absolute atomic E-state index is 12.2. The number of nitrogens with one attached hydrogen (secondary N) is 2. The van der Waals surface area contributed by atoms with E-state index < -0.39 is 10.0 Å². The quantitative estimate of drug-likeness (QED) is 0.532. The van der Waals surface area contributed by atoms with E-state index in [1.54, 1.807) is 11.4 Å². The predicted octanol–water partition coefficient (Wildman–Crippen LogP) is 1.93. The number of guanidine groups is 1. The van der Waals surface area contributed by atoms with Gasteiger partial charge >= 0.3 is 0 Å². The Balaban J connectivity index is 1.86. The number of hydrogen-bond acceptors (Lipinski definition) is 4. The molecule has 0 aromatic heterocycles. The van der Waals surface area contributed by atoms with Crippen LogP contribution in [-0.2, 0) is 16.6 Å². The van der Waals surface area contributed by atoms with Gasteiger partial charge in [-0.3, -0.25) is 4.99 Å². The van der Waals surface area contributed by atoms with Crippen molar-refractivity contribution in [3.05, 3.63) is 29.3 Å². The summed E-state index contributed by atoms with van der Waals surface area (Å²) in [5.74, 6) is 0.992. The van der Waals surface area contributed by atoms with E-state index in [0.29, 0.717) is 26.1 Å². The van der Waals surface area contributed by atoms with Crippen molar-refractivity contribution in [2.75, 3.05) is 44.9 Å². The first kappa shape index (κ1) is 22.5. The van der Waals surface area contributed by atoms with E-state index >= 15 is 0 Å². The number of piperidine rings is 1. The first-order valence-corrected chi connectivity index (χ1v) is 11.6. The monoisotopic (exact) mass is 409 g/mol. The number of anilines is 1. The van der Waals surface area contributed by atoms with E-state index in [4.69, 9.17) is 0 Å². The smallest absolute Gasteiger partial charge is 0.214 e. The number of hydrogen-bond donors (Lipinski definition) is 2. The fourth-order valence-corrected chi connectivity index (χ4v) is 4.93. The molecule has 1 aromatic carbocycles. The highest BCUT2D eigenvalue weighted by Gasteiger charge is 2.27. The Morgan fingerprint density at radius 2 is 1.96 bits per heavy atom. The van der Waals surface area contributed by atoms with Gasteiger partial charge in [0.25, 0.3) is 0 Å². The summed E-state index contributed by atoms with van der Waals surface area (Å²) in [6, 6.07) is 6.67. The van der Waals surface area contributed by atoms with Crippen molar-refractivity contribution in [3.8, 4) is 0 Å². The summed E-state index contributed by atoms with van der Waals surface area (Å²) in [6.07, 6.45) is 2.24. The highest BCUT2D eigenvalue weighted by atomic mass is 32.2. The molecular formula is C20H35N5O2S. The fraction of sp³-hybridized carbons (Fsp3) is 0.650. The molecule has 28 heavy (non-hydrogen) atoms. The minimum atomic E-state index is -3.10. The van der Waals surface area contributed by atoms with Crippen LogP contribution in [0.2, 0.25) is 0 Å². The van der Waals surface area contributed by atoms with Crippen molar-refractivity contribution in [2.45, 2.75) is 45.7 Å². The van der Waals surface area contributed by atoms with Crippen LogP contribution in [0.25, 0.3) is 0 Å². The van der Waals surface area contributed by atoms with Crippen molar-refractivity contribution in [1.29, 1.82) is 0 Å². The molecule has 0 atom stereocenters. The molecular weight excluding hydrogens is 374 g/mol. The molecule has 1 aliphatic heterocycles. The van der Waals surface area contributed by atoms with Crippen molar-refractivity contribution in [1.82, 2.24) is 14.9 Å². The molecule has 1 aromatic rings. The Hall–Kier alpha value is -1.80. The Labute approximate surface area is 170 Å². The molecule has 0 aliphatic carbocycles. The highest BCUT2D eigenvalue weighted by molar-refractivity contribution is 7.89. The summed E-state index contributed by atoms with van der Waals surface area (Å²) in [5.41, 5.74) is 3.66. The lowest BCUT2D eigenvalue weighted by atomic mass is 10.1. The molecule has 2 rings (SSSR count). The van der Waals surface area contributed by atoms with Crippen LogP contribution < -0.4 is 15.5 Å². The Morgan fingerprint density at radius 3 is 2.50 bits per heavy atom. The molecule has 158 valence electrons. The molecule has 0 spiro atoms. The predicted molar refractivity (Wildman–Crippen MR) is 118 cm³/mol. The largest absolute Gasteiger partial charge is 0.378 e. The fourth-order valence-electron chi connectivity index (χ4n) is 3.39. The van der Waals surface area contributed by atoms with Gasteiger partial charge in [-0.25, -0.2) is 12.7 Å². The van der Waals surface area contributed by atoms with Crippen molar-refractivity contribution in [3.63, 3.8) is 0 Å². The molecule has 1 fully saturated rings. The van der Waals surface area contributed by atoms with Crippen LogP contribution >= 0.6 is 0 Å². The summed E-state index contributed by atoms with van der Waals surface area (Å²) in [6.45, 7) is 5.86. The second-order valence-corrected chi connectivity index (χ2v) is 9.65. The molecule has 0 unspecified atom stereocenters. The minimum absolute atomic E-state index is 0.233. The minimum Gasteiger partial charge on any atom is -0.378 e. The van der Waals surface area contributed by atoms with Gasteiger partial charge < -0.3 is 15.5 Å². The zero-order valence-corrected chi connectivity index (χ0v) is 18.6. The lowest BCUT2D eigenvalue weighted by molar-refractivity contribution is 0.306. The standard InChI is InChI=1S/C20H35N5O2S/c1-6-13-28(26,27)25-11-9-18(10-12-25)23-20(21-3)22-15-17-7-8-19(24(4)5)14-16(17)2/h7-8,14,18H,6,9-13,15H2,1-5H3,(H2,21,22,23). The Morgan fingerprint density at radius 1 is 1.29 bits per heavy atom. The molecule has 8 heteroatoms. The van der Waals surface area contributed by atoms with Crippen LogP contribution in [0.5, 0.6) is 0 Å². The molecule has 0 amide bonds. The second-order valence-electron chi connectivity index (χ2n) is 7.56. The number of aliphatic imine (C=N–C) groups is 1. The van der Waals surface area contributed by atoms with Gasteiger partial charge in [0.15, 0.2) is 5.96 Å². The van der Waals surface area contributed by atoms with Crippen molar-refractivity contribution < 1.29 is 8.42 Å². The SMILES string of the molecule is CCCS(=O)(=O)N1CCC(NC(=NC)NCc2ccc(N(C)C)cc2C)CC1. The molecule has 1 aliphatic rings. The normalized spacial score (nSPS) is 16.8. The van der Waals surface area contributed by atoms with Gasteiger partial charge in [0, 0.05) is 52.5 Å². The van der Waals surface area contributed by atoms with Crippen molar-refractivity contribution >= 4 is 21.7 Å². The summed E-state index contributed by atoms with van der Waals surface area (Å²) >= 11 is 0. The van der Waals surface area contributed by atoms with Crippen LogP contribution in [0.4, 0.5) is 5.69 Å². The third-order valence-corrected chi connectivity index (χ3v) is 7.24. The maximum atomic E-state index is 12.2. The van der Waals surface area contributed by atoms with Gasteiger partial charge in [-0.2, -0.15) is 0 Å². The molecule has 1 heterocycles. The first-order valence-electron chi connectivity index (χ1n) is 9.98. The number of benzene rings is 1. The van der Waals surface area contributed by atoms with Gasteiger partial charge in [-0.1, -0.05) is 13.0 Å². The van der Waals surface area contributed by atoms with Gasteiger partial charge in [-0.05, 0) is 49.4 Å². The molecule has 1 saturated heterocycles. The molecule has 2 N–H and O–H groups in total. The molecule has 0 bridgehead atoms. The van der Waals surface area contributed by atoms with Crippen LogP contribution in [0.3, 0.4) is 0 Å².